The van der Waals surface area contributed by atoms with Crippen molar-refractivity contribution in [2.75, 3.05) is 0 Å². The van der Waals surface area contributed by atoms with Crippen LogP contribution in [0.1, 0.15) is 329 Å². The molecular weight excluding hydrogens is 808 g/mol. The molecule has 0 heterocycles. The Morgan fingerprint density at radius 1 is 0.238 bits per heavy atom. The molecule has 7 nitrogen and oxygen atoms in total. The van der Waals surface area contributed by atoms with Crippen molar-refractivity contribution < 1.29 is 54.0 Å². The van der Waals surface area contributed by atoms with Crippen molar-refractivity contribution in [3.63, 3.8) is 0 Å². The maximum atomic E-state index is 10.2. The maximum absolute atomic E-state index is 10.2. The molecule has 2 N–H and O–H groups in total. The Morgan fingerprint density at radius 2 is 0.333 bits per heavy atom. The summed E-state index contributed by atoms with van der Waals surface area (Å²) >= 11 is 0. The molecule has 63 heavy (non-hydrogen) atoms. The second kappa shape index (κ2) is 71.2. The van der Waals surface area contributed by atoms with Crippen LogP contribution in [0.2, 0.25) is 0 Å². The molecule has 0 rings (SSSR count). The average molecular weight is 915 g/mol. The number of hydrogen-bond acceptors (Lipinski definition) is 6. The summed E-state index contributed by atoms with van der Waals surface area (Å²) in [6, 6.07) is 0. The van der Waals surface area contributed by atoms with E-state index in [1.54, 1.807) is 0 Å². The summed E-state index contributed by atoms with van der Waals surface area (Å²) in [5.74, 6) is -2.71. The Bertz CT molecular complexity index is 727. The normalized spacial score (nSPS) is 10.3. The molecule has 0 saturated carbocycles. The van der Waals surface area contributed by atoms with E-state index in [1.807, 2.05) is 0 Å². The molecule has 0 amide bonds. The van der Waals surface area contributed by atoms with Crippen LogP contribution in [0.15, 0.2) is 0 Å². The fourth-order valence-electron chi connectivity index (χ4n) is 7.92. The second-order valence-corrected chi connectivity index (χ2v) is 18.2. The molecule has 0 bridgehead atoms. The van der Waals surface area contributed by atoms with E-state index in [0.717, 1.165) is 38.5 Å². The molecule has 0 spiro atoms. The van der Waals surface area contributed by atoms with Crippen LogP contribution in [0, 0.1) is 0 Å². The number of carboxylic acids is 3. The first kappa shape index (κ1) is 74.8. The molecule has 0 aliphatic heterocycles. The van der Waals surface area contributed by atoms with Crippen LogP contribution in [-0.4, -0.2) is 61.1 Å². The molecule has 0 aliphatic carbocycles. The zero-order valence-corrected chi connectivity index (χ0v) is 45.3. The molecule has 0 aliphatic rings. The van der Waals surface area contributed by atoms with Gasteiger partial charge in [0.2, 0.25) is 0 Å². The summed E-state index contributed by atoms with van der Waals surface area (Å²) < 4.78 is 0. The van der Waals surface area contributed by atoms with Crippen LogP contribution >= 0.6 is 0 Å². The van der Waals surface area contributed by atoms with Gasteiger partial charge in [0.15, 0.2) is 0 Å². The topological polar surface area (TPSA) is 152 Å². The van der Waals surface area contributed by atoms with E-state index >= 15 is 0 Å². The summed E-state index contributed by atoms with van der Waals surface area (Å²) in [6.07, 6.45) is 59.6. The van der Waals surface area contributed by atoms with Gasteiger partial charge in [0.25, 0.3) is 0 Å². The van der Waals surface area contributed by atoms with Crippen molar-refractivity contribution in [3.05, 3.63) is 0 Å². The van der Waals surface area contributed by atoms with Crippen molar-refractivity contribution in [1.29, 1.82) is 0 Å². The van der Waals surface area contributed by atoms with Gasteiger partial charge in [0.1, 0.15) is 0 Å². The fraction of sp³-hybridized carbons (Fsp3) is 0.944. The van der Waals surface area contributed by atoms with E-state index in [0.29, 0.717) is 0 Å². The smallest absolute Gasteiger partial charge is 0.550 e. The molecule has 0 atom stereocenters. The standard InChI is InChI=1S/3C18H36O2.Ca.Li.H2O/c3*1-2-3-4-5-6-7-8-9-10-11-12-13-14-15-16-17-18(19)20;;;/h3*2-17H2,1H3,(H,19,20);;;1H2/q;;;+2;+1;/p-3. The Kier molecular flexibility index (Phi) is 84.5. The van der Waals surface area contributed by atoms with Gasteiger partial charge in [-0.2, -0.15) is 0 Å². The zero-order chi connectivity index (χ0) is 44.7. The largest absolute Gasteiger partial charge is 2.00 e. The van der Waals surface area contributed by atoms with Gasteiger partial charge in [-0.25, -0.2) is 0 Å². The van der Waals surface area contributed by atoms with Gasteiger partial charge in [-0.1, -0.05) is 290 Å². The third kappa shape index (κ3) is 86.0. The molecule has 9 heteroatoms. The van der Waals surface area contributed by atoms with Crippen LogP contribution in [0.25, 0.3) is 0 Å². The summed E-state index contributed by atoms with van der Waals surface area (Å²) in [6.45, 7) is 6.80. The van der Waals surface area contributed by atoms with Crippen molar-refractivity contribution in [1.82, 2.24) is 0 Å². The van der Waals surface area contributed by atoms with Crippen LogP contribution in [0.3, 0.4) is 0 Å². The number of carboxylic acid groups (broad SMARTS) is 3. The molecule has 0 fully saturated rings. The van der Waals surface area contributed by atoms with Crippen molar-refractivity contribution in [2.45, 2.75) is 329 Å². The Balaban J connectivity index is -0.000000189. The Morgan fingerprint density at radius 3 is 0.429 bits per heavy atom. The summed E-state index contributed by atoms with van der Waals surface area (Å²) in [5, 5.41) is 30.7. The number of carbonyl (C=O) groups excluding carboxylic acids is 3. The number of hydrogen-bond donors (Lipinski definition) is 0. The van der Waals surface area contributed by atoms with Gasteiger partial charge in [0.05, 0.1) is 0 Å². The molecule has 0 radical (unpaired) electrons. The minimum absolute atomic E-state index is 0. The minimum Gasteiger partial charge on any atom is -0.550 e. The first-order chi connectivity index (χ1) is 29.3. The summed E-state index contributed by atoms with van der Waals surface area (Å²) in [7, 11) is 0. The van der Waals surface area contributed by atoms with Gasteiger partial charge in [-0.15, -0.1) is 0 Å². The number of carbonyl (C=O) groups is 3. The van der Waals surface area contributed by atoms with E-state index in [1.165, 1.54) is 250 Å². The van der Waals surface area contributed by atoms with Crippen LogP contribution in [0.5, 0.6) is 0 Å². The maximum Gasteiger partial charge on any atom is 2.00 e. The van der Waals surface area contributed by atoms with Crippen LogP contribution in [0.4, 0.5) is 0 Å². The predicted octanol–water partition coefficient (Wildman–Crippen LogP) is 10.8. The zero-order valence-electron chi connectivity index (χ0n) is 43.1. The third-order valence-electron chi connectivity index (χ3n) is 12.0. The van der Waals surface area contributed by atoms with Crippen molar-refractivity contribution >= 4 is 55.6 Å². The Hall–Kier alpha value is 0.227. The van der Waals surface area contributed by atoms with E-state index in [4.69, 9.17) is 0 Å². The number of unbranched alkanes of at least 4 members (excludes halogenated alkanes) is 42. The van der Waals surface area contributed by atoms with Gasteiger partial charge >= 0.3 is 56.6 Å². The molecule has 0 aromatic heterocycles. The van der Waals surface area contributed by atoms with Gasteiger partial charge in [-0.3, -0.25) is 0 Å². The first-order valence-electron chi connectivity index (χ1n) is 26.9. The van der Waals surface area contributed by atoms with Crippen LogP contribution < -0.4 is 34.2 Å². The minimum atomic E-state index is -0.903. The Labute approximate surface area is 435 Å². The van der Waals surface area contributed by atoms with Crippen molar-refractivity contribution in [2.24, 2.45) is 0 Å². The van der Waals surface area contributed by atoms with Gasteiger partial charge in [-0.05, 0) is 38.5 Å². The summed E-state index contributed by atoms with van der Waals surface area (Å²) in [4.78, 5) is 30.7. The molecule has 368 valence electrons. The molecular formula is C54H107CaLiO7. The third-order valence-corrected chi connectivity index (χ3v) is 12.0. The average Bonchev–Trinajstić information content (AvgIpc) is 3.22. The van der Waals surface area contributed by atoms with Crippen LogP contribution in [-0.2, 0) is 14.4 Å². The van der Waals surface area contributed by atoms with E-state index in [9.17, 15) is 29.7 Å². The summed E-state index contributed by atoms with van der Waals surface area (Å²) in [5.41, 5.74) is 0. The number of rotatable bonds is 48. The molecule has 0 aromatic carbocycles. The van der Waals surface area contributed by atoms with E-state index in [-0.39, 0.29) is 81.3 Å². The van der Waals surface area contributed by atoms with Gasteiger partial charge < -0.3 is 35.2 Å². The van der Waals surface area contributed by atoms with Gasteiger partial charge in [0, 0.05) is 17.9 Å². The second-order valence-electron chi connectivity index (χ2n) is 18.2. The molecule has 0 saturated heterocycles. The first-order valence-corrected chi connectivity index (χ1v) is 26.9. The monoisotopic (exact) mass is 915 g/mol. The fourth-order valence-corrected chi connectivity index (χ4v) is 7.92. The molecule has 0 aromatic rings. The van der Waals surface area contributed by atoms with E-state index < -0.39 is 17.9 Å². The number of aliphatic carboxylic acids is 3. The SMILES string of the molecule is CCCCCCCCCCCCCCCCCC(=O)[O-].CCCCCCCCCCCCCCCCCC(=O)[O-].CCCCCCCCCCCCCCCCCC(=O)[O-].O.[Ca+2].[Li+]. The van der Waals surface area contributed by atoms with Crippen molar-refractivity contribution in [3.8, 4) is 0 Å². The predicted molar refractivity (Wildman–Crippen MR) is 263 cm³/mol. The molecule has 0 unspecified atom stereocenters. The van der Waals surface area contributed by atoms with E-state index in [2.05, 4.69) is 20.8 Å². The quantitative estimate of drug-likeness (QED) is 0.0438.